The summed E-state index contributed by atoms with van der Waals surface area (Å²) in [6.07, 6.45) is 7.23. The Bertz CT molecular complexity index is 689. The van der Waals surface area contributed by atoms with Crippen molar-refractivity contribution in [1.82, 2.24) is 10.6 Å². The second kappa shape index (κ2) is 14.0. The van der Waals surface area contributed by atoms with Crippen molar-refractivity contribution >= 4 is 0 Å². The van der Waals surface area contributed by atoms with E-state index in [9.17, 15) is 0 Å². The van der Waals surface area contributed by atoms with Crippen molar-refractivity contribution in [3.63, 3.8) is 0 Å². The fraction of sp³-hybridized carbons (Fsp3) is 0.520. The summed E-state index contributed by atoms with van der Waals surface area (Å²) in [7, 11) is 3.38. The summed E-state index contributed by atoms with van der Waals surface area (Å²) >= 11 is 0. The number of hydrogen-bond acceptors (Lipinski definition) is 4. The lowest BCUT2D eigenvalue weighted by atomic mass is 10.0. The predicted octanol–water partition coefficient (Wildman–Crippen LogP) is 4.54. The first-order valence-electron chi connectivity index (χ1n) is 10.9. The fourth-order valence-electron chi connectivity index (χ4n) is 3.60. The standard InChI is InChI=1S/C25H38N2O2/c1-21-23(13-14-24(28-2)25(21)29-3)16-20-27-18-10-5-4-9-17-26-19-15-22-11-7-6-8-12-22/h6-8,11-14,26-27H,4-5,9-10,15-20H2,1-3H3. The fourth-order valence-corrected chi connectivity index (χ4v) is 3.60. The Balaban J connectivity index is 1.45. The number of unbranched alkanes of at least 4 members (excludes halogenated alkanes) is 3. The van der Waals surface area contributed by atoms with Gasteiger partial charge in [0.25, 0.3) is 0 Å². The zero-order valence-electron chi connectivity index (χ0n) is 18.4. The molecule has 2 aromatic rings. The number of hydrogen-bond donors (Lipinski definition) is 2. The number of nitrogens with one attached hydrogen (secondary N) is 2. The van der Waals surface area contributed by atoms with E-state index >= 15 is 0 Å². The average molecular weight is 399 g/mol. The zero-order chi connectivity index (χ0) is 20.7. The molecule has 2 aromatic carbocycles. The molecule has 2 N–H and O–H groups in total. The quantitative estimate of drug-likeness (QED) is 0.432. The van der Waals surface area contributed by atoms with Gasteiger partial charge in [-0.25, -0.2) is 0 Å². The summed E-state index contributed by atoms with van der Waals surface area (Å²) in [6, 6.07) is 14.8. The van der Waals surface area contributed by atoms with Crippen LogP contribution in [0.1, 0.15) is 42.4 Å². The smallest absolute Gasteiger partial charge is 0.163 e. The van der Waals surface area contributed by atoms with Crippen molar-refractivity contribution in [2.45, 2.75) is 45.4 Å². The minimum Gasteiger partial charge on any atom is -0.493 e. The molecule has 0 bridgehead atoms. The van der Waals surface area contributed by atoms with E-state index in [2.05, 4.69) is 54.0 Å². The second-order valence-corrected chi connectivity index (χ2v) is 7.49. The molecule has 0 atom stereocenters. The number of ether oxygens (including phenoxy) is 2. The minimum absolute atomic E-state index is 0.802. The van der Waals surface area contributed by atoms with Crippen molar-refractivity contribution in [3.05, 3.63) is 59.2 Å². The van der Waals surface area contributed by atoms with Crippen LogP contribution in [0.15, 0.2) is 42.5 Å². The summed E-state index contributed by atoms with van der Waals surface area (Å²) in [4.78, 5) is 0. The van der Waals surface area contributed by atoms with Crippen molar-refractivity contribution < 1.29 is 9.47 Å². The molecule has 4 nitrogen and oxygen atoms in total. The van der Waals surface area contributed by atoms with Crippen molar-refractivity contribution in [2.75, 3.05) is 40.4 Å². The summed E-state index contributed by atoms with van der Waals surface area (Å²) < 4.78 is 10.8. The average Bonchev–Trinajstić information content (AvgIpc) is 2.75. The Kier molecular flexibility index (Phi) is 11.2. The molecule has 29 heavy (non-hydrogen) atoms. The van der Waals surface area contributed by atoms with Crippen molar-refractivity contribution in [1.29, 1.82) is 0 Å². The molecule has 0 aliphatic rings. The highest BCUT2D eigenvalue weighted by molar-refractivity contribution is 5.50. The van der Waals surface area contributed by atoms with E-state index in [1.54, 1.807) is 14.2 Å². The highest BCUT2D eigenvalue weighted by Crippen LogP contribution is 2.32. The first kappa shape index (κ1) is 23.2. The van der Waals surface area contributed by atoms with Gasteiger partial charge in [0.15, 0.2) is 11.5 Å². The van der Waals surface area contributed by atoms with Crippen LogP contribution in [0, 0.1) is 6.92 Å². The lowest BCUT2D eigenvalue weighted by Crippen LogP contribution is -2.19. The van der Waals surface area contributed by atoms with Gasteiger partial charge in [-0.15, -0.1) is 0 Å². The third kappa shape index (κ3) is 8.46. The highest BCUT2D eigenvalue weighted by atomic mass is 16.5. The molecule has 0 fully saturated rings. The zero-order valence-corrected chi connectivity index (χ0v) is 18.4. The van der Waals surface area contributed by atoms with E-state index in [-0.39, 0.29) is 0 Å². The number of benzene rings is 2. The molecule has 0 saturated heterocycles. The molecule has 0 amide bonds. The monoisotopic (exact) mass is 398 g/mol. The molecular weight excluding hydrogens is 360 g/mol. The van der Waals surface area contributed by atoms with Gasteiger partial charge in [-0.05, 0) is 81.5 Å². The van der Waals surface area contributed by atoms with Gasteiger partial charge in [-0.1, -0.05) is 49.2 Å². The summed E-state index contributed by atoms with van der Waals surface area (Å²) in [5.41, 5.74) is 3.90. The van der Waals surface area contributed by atoms with Crippen molar-refractivity contribution in [2.24, 2.45) is 0 Å². The van der Waals surface area contributed by atoms with Gasteiger partial charge in [-0.2, -0.15) is 0 Å². The van der Waals surface area contributed by atoms with Gasteiger partial charge in [0.05, 0.1) is 14.2 Å². The summed E-state index contributed by atoms with van der Waals surface area (Å²) in [6.45, 7) is 6.38. The molecule has 0 aliphatic heterocycles. The molecule has 0 spiro atoms. The molecule has 2 rings (SSSR count). The third-order valence-electron chi connectivity index (χ3n) is 5.37. The first-order chi connectivity index (χ1) is 14.3. The van der Waals surface area contributed by atoms with Gasteiger partial charge < -0.3 is 20.1 Å². The largest absolute Gasteiger partial charge is 0.493 e. The van der Waals surface area contributed by atoms with Gasteiger partial charge in [0.2, 0.25) is 0 Å². The Labute approximate surface area is 177 Å². The third-order valence-corrected chi connectivity index (χ3v) is 5.37. The number of rotatable bonds is 15. The Morgan fingerprint density at radius 3 is 1.97 bits per heavy atom. The van der Waals surface area contributed by atoms with E-state index in [1.807, 2.05) is 6.07 Å². The Hall–Kier alpha value is -2.04. The van der Waals surface area contributed by atoms with Gasteiger partial charge >= 0.3 is 0 Å². The van der Waals surface area contributed by atoms with E-state index in [0.29, 0.717) is 0 Å². The maximum absolute atomic E-state index is 5.49. The van der Waals surface area contributed by atoms with Crippen LogP contribution in [0.2, 0.25) is 0 Å². The Morgan fingerprint density at radius 2 is 1.34 bits per heavy atom. The maximum Gasteiger partial charge on any atom is 0.163 e. The van der Waals surface area contributed by atoms with E-state index < -0.39 is 0 Å². The lowest BCUT2D eigenvalue weighted by molar-refractivity contribution is 0.352. The van der Waals surface area contributed by atoms with Crippen LogP contribution in [0.5, 0.6) is 11.5 Å². The van der Waals surface area contributed by atoms with Crippen LogP contribution in [-0.2, 0) is 12.8 Å². The summed E-state index contributed by atoms with van der Waals surface area (Å²) in [5.74, 6) is 1.65. The maximum atomic E-state index is 5.49. The molecule has 0 aromatic heterocycles. The minimum atomic E-state index is 0.802. The van der Waals surface area contributed by atoms with Gasteiger partial charge in [-0.3, -0.25) is 0 Å². The molecule has 160 valence electrons. The molecular formula is C25H38N2O2. The van der Waals surface area contributed by atoms with Crippen LogP contribution in [-0.4, -0.2) is 40.4 Å². The predicted molar refractivity (Wildman–Crippen MR) is 122 cm³/mol. The first-order valence-corrected chi connectivity index (χ1v) is 10.9. The molecule has 0 unspecified atom stereocenters. The molecule has 4 heteroatoms. The van der Waals surface area contributed by atoms with Crippen LogP contribution in [0.3, 0.4) is 0 Å². The summed E-state index contributed by atoms with van der Waals surface area (Å²) in [5, 5.41) is 7.12. The van der Waals surface area contributed by atoms with Crippen LogP contribution in [0.4, 0.5) is 0 Å². The normalized spacial score (nSPS) is 10.9. The van der Waals surface area contributed by atoms with E-state index in [0.717, 1.165) is 50.5 Å². The van der Waals surface area contributed by atoms with E-state index in [4.69, 9.17) is 9.47 Å². The van der Waals surface area contributed by atoms with Gasteiger partial charge in [0.1, 0.15) is 0 Å². The highest BCUT2D eigenvalue weighted by Gasteiger charge is 2.10. The van der Waals surface area contributed by atoms with Crippen LogP contribution >= 0.6 is 0 Å². The van der Waals surface area contributed by atoms with Crippen LogP contribution in [0.25, 0.3) is 0 Å². The molecule has 0 saturated carbocycles. The second-order valence-electron chi connectivity index (χ2n) is 7.49. The molecule has 0 heterocycles. The SMILES string of the molecule is COc1ccc(CCNCCCCCCNCCc2ccccc2)c(C)c1OC. The Morgan fingerprint density at radius 1 is 0.690 bits per heavy atom. The topological polar surface area (TPSA) is 42.5 Å². The van der Waals surface area contributed by atoms with Crippen LogP contribution < -0.4 is 20.1 Å². The lowest BCUT2D eigenvalue weighted by Gasteiger charge is -2.14. The molecule has 0 radical (unpaired) electrons. The number of methoxy groups -OCH3 is 2. The molecule has 0 aliphatic carbocycles. The van der Waals surface area contributed by atoms with Crippen molar-refractivity contribution in [3.8, 4) is 11.5 Å². The van der Waals surface area contributed by atoms with E-state index in [1.165, 1.54) is 42.4 Å². The van der Waals surface area contributed by atoms with Gasteiger partial charge in [0, 0.05) is 0 Å².